The van der Waals surface area contributed by atoms with E-state index >= 15 is 0 Å². The molecule has 5 heteroatoms. The lowest BCUT2D eigenvalue weighted by atomic mass is 9.95. The number of nitro groups is 1. The Bertz CT molecular complexity index is 403. The summed E-state index contributed by atoms with van der Waals surface area (Å²) in [5, 5.41) is 19.6. The van der Waals surface area contributed by atoms with Crippen molar-refractivity contribution >= 4 is 11.4 Å². The molecule has 5 nitrogen and oxygen atoms in total. The molecule has 0 spiro atoms. The van der Waals surface area contributed by atoms with Crippen LogP contribution in [0.1, 0.15) is 19.3 Å². The monoisotopic (exact) mass is 250 g/mol. The molecule has 1 saturated heterocycles. The summed E-state index contributed by atoms with van der Waals surface area (Å²) >= 11 is 0. The standard InChI is InChI=1S/C13H18N2O3/c16-9-7-11-2-1-8-14(10-11)12-3-5-13(6-4-12)15(17)18/h3-6,11,16H,1-2,7-10H2/t11-/m0/s1. The van der Waals surface area contributed by atoms with Gasteiger partial charge in [-0.15, -0.1) is 0 Å². The van der Waals surface area contributed by atoms with Crippen LogP contribution >= 0.6 is 0 Å². The summed E-state index contributed by atoms with van der Waals surface area (Å²) in [5.74, 6) is 0.527. The number of nitro benzene ring substituents is 1. The first kappa shape index (κ1) is 12.8. The highest BCUT2D eigenvalue weighted by atomic mass is 16.6. The van der Waals surface area contributed by atoms with Crippen LogP contribution in [0.3, 0.4) is 0 Å². The largest absolute Gasteiger partial charge is 0.396 e. The Balaban J connectivity index is 2.04. The van der Waals surface area contributed by atoms with Crippen LogP contribution in [0.25, 0.3) is 0 Å². The first-order valence-corrected chi connectivity index (χ1v) is 6.31. The van der Waals surface area contributed by atoms with E-state index in [4.69, 9.17) is 5.11 Å². The third kappa shape index (κ3) is 2.98. The number of anilines is 1. The van der Waals surface area contributed by atoms with E-state index in [-0.39, 0.29) is 17.2 Å². The smallest absolute Gasteiger partial charge is 0.269 e. The maximum atomic E-state index is 10.6. The Labute approximate surface area is 106 Å². The Kier molecular flexibility index (Phi) is 4.15. The number of rotatable bonds is 4. The van der Waals surface area contributed by atoms with Crippen LogP contribution in [0, 0.1) is 16.0 Å². The van der Waals surface area contributed by atoms with Gasteiger partial charge in [0.2, 0.25) is 0 Å². The van der Waals surface area contributed by atoms with Crippen molar-refractivity contribution in [2.45, 2.75) is 19.3 Å². The van der Waals surface area contributed by atoms with Gasteiger partial charge in [-0.25, -0.2) is 0 Å². The van der Waals surface area contributed by atoms with Crippen LogP contribution in [-0.2, 0) is 0 Å². The van der Waals surface area contributed by atoms with E-state index in [1.54, 1.807) is 24.3 Å². The number of aliphatic hydroxyl groups is 1. The molecule has 0 unspecified atom stereocenters. The van der Waals surface area contributed by atoms with Gasteiger partial charge in [0.05, 0.1) is 4.92 Å². The fourth-order valence-corrected chi connectivity index (χ4v) is 2.50. The molecule has 1 atom stereocenters. The summed E-state index contributed by atoms with van der Waals surface area (Å²) < 4.78 is 0. The first-order valence-electron chi connectivity index (χ1n) is 6.31. The van der Waals surface area contributed by atoms with Gasteiger partial charge in [-0.2, -0.15) is 0 Å². The fraction of sp³-hybridized carbons (Fsp3) is 0.538. The summed E-state index contributed by atoms with van der Waals surface area (Å²) in [6.45, 7) is 2.15. The molecule has 1 heterocycles. The summed E-state index contributed by atoms with van der Waals surface area (Å²) in [6.07, 6.45) is 3.11. The van der Waals surface area contributed by atoms with Crippen LogP contribution in [-0.4, -0.2) is 29.7 Å². The first-order chi connectivity index (χ1) is 8.70. The van der Waals surface area contributed by atoms with E-state index < -0.39 is 0 Å². The number of aliphatic hydroxyl groups excluding tert-OH is 1. The van der Waals surface area contributed by atoms with Crippen LogP contribution < -0.4 is 4.90 Å². The van der Waals surface area contributed by atoms with Gasteiger partial charge in [0.25, 0.3) is 5.69 Å². The molecule has 0 saturated carbocycles. The van der Waals surface area contributed by atoms with Gasteiger partial charge in [-0.1, -0.05) is 0 Å². The molecule has 98 valence electrons. The molecule has 1 fully saturated rings. The second kappa shape index (κ2) is 5.82. The van der Waals surface area contributed by atoms with Gasteiger partial charge in [0.15, 0.2) is 0 Å². The lowest BCUT2D eigenvalue weighted by Crippen LogP contribution is -2.35. The van der Waals surface area contributed by atoms with Crippen molar-refractivity contribution < 1.29 is 10.0 Å². The van der Waals surface area contributed by atoms with Gasteiger partial charge >= 0.3 is 0 Å². The lowest BCUT2D eigenvalue weighted by molar-refractivity contribution is -0.384. The molecule has 2 rings (SSSR count). The average Bonchev–Trinajstić information content (AvgIpc) is 2.39. The summed E-state index contributed by atoms with van der Waals surface area (Å²) in [4.78, 5) is 12.5. The highest BCUT2D eigenvalue weighted by Gasteiger charge is 2.20. The Morgan fingerprint density at radius 3 is 2.72 bits per heavy atom. The second-order valence-corrected chi connectivity index (χ2v) is 4.74. The molecule has 1 aromatic rings. The fourth-order valence-electron chi connectivity index (χ4n) is 2.50. The van der Waals surface area contributed by atoms with Crippen molar-refractivity contribution in [3.8, 4) is 0 Å². The van der Waals surface area contributed by atoms with E-state index in [9.17, 15) is 10.1 Å². The normalized spacial score (nSPS) is 19.8. The second-order valence-electron chi connectivity index (χ2n) is 4.74. The highest BCUT2D eigenvalue weighted by molar-refractivity contribution is 5.51. The quantitative estimate of drug-likeness (QED) is 0.657. The zero-order chi connectivity index (χ0) is 13.0. The zero-order valence-electron chi connectivity index (χ0n) is 10.3. The topological polar surface area (TPSA) is 66.6 Å². The Morgan fingerprint density at radius 2 is 2.11 bits per heavy atom. The third-order valence-corrected chi connectivity index (χ3v) is 3.48. The van der Waals surface area contributed by atoms with Crippen molar-refractivity contribution in [1.82, 2.24) is 0 Å². The SMILES string of the molecule is O=[N+]([O-])c1ccc(N2CCC[C@@H](CCO)C2)cc1. The van der Waals surface area contributed by atoms with Crippen molar-refractivity contribution in [3.63, 3.8) is 0 Å². The van der Waals surface area contributed by atoms with Gasteiger partial charge in [-0.3, -0.25) is 10.1 Å². The minimum absolute atomic E-state index is 0.127. The highest BCUT2D eigenvalue weighted by Crippen LogP contribution is 2.26. The predicted octanol–water partition coefficient (Wildman–Crippen LogP) is 2.19. The van der Waals surface area contributed by atoms with Crippen molar-refractivity contribution in [1.29, 1.82) is 0 Å². The van der Waals surface area contributed by atoms with Crippen molar-refractivity contribution in [3.05, 3.63) is 34.4 Å². The number of hydrogen-bond donors (Lipinski definition) is 1. The molecule has 0 bridgehead atoms. The molecular weight excluding hydrogens is 232 g/mol. The van der Waals surface area contributed by atoms with Crippen LogP contribution in [0.5, 0.6) is 0 Å². The van der Waals surface area contributed by atoms with E-state index in [0.29, 0.717) is 5.92 Å². The minimum Gasteiger partial charge on any atom is -0.396 e. The number of non-ortho nitro benzene ring substituents is 1. The van der Waals surface area contributed by atoms with E-state index in [1.165, 1.54) is 0 Å². The molecule has 0 aromatic heterocycles. The van der Waals surface area contributed by atoms with Crippen molar-refractivity contribution in [2.24, 2.45) is 5.92 Å². The molecule has 1 aromatic carbocycles. The van der Waals surface area contributed by atoms with Crippen LogP contribution in [0.2, 0.25) is 0 Å². The number of piperidine rings is 1. The predicted molar refractivity (Wildman–Crippen MR) is 69.7 cm³/mol. The van der Waals surface area contributed by atoms with Gasteiger partial charge in [-0.05, 0) is 37.3 Å². The van der Waals surface area contributed by atoms with Gasteiger partial charge in [0.1, 0.15) is 0 Å². The molecule has 18 heavy (non-hydrogen) atoms. The molecular formula is C13H18N2O3. The molecule has 1 aliphatic heterocycles. The Morgan fingerprint density at radius 1 is 1.39 bits per heavy atom. The van der Waals surface area contributed by atoms with E-state index in [2.05, 4.69) is 4.90 Å². The molecule has 0 amide bonds. The number of hydrogen-bond acceptors (Lipinski definition) is 4. The van der Waals surface area contributed by atoms with E-state index in [0.717, 1.165) is 38.0 Å². The maximum absolute atomic E-state index is 10.6. The van der Waals surface area contributed by atoms with Crippen LogP contribution in [0.4, 0.5) is 11.4 Å². The summed E-state index contributed by atoms with van der Waals surface area (Å²) in [6, 6.07) is 6.70. The molecule has 1 aliphatic rings. The molecule has 0 aliphatic carbocycles. The third-order valence-electron chi connectivity index (χ3n) is 3.48. The molecule has 1 N–H and O–H groups in total. The van der Waals surface area contributed by atoms with Crippen LogP contribution in [0.15, 0.2) is 24.3 Å². The summed E-state index contributed by atoms with van der Waals surface area (Å²) in [7, 11) is 0. The summed E-state index contributed by atoms with van der Waals surface area (Å²) in [5.41, 5.74) is 1.16. The average molecular weight is 250 g/mol. The van der Waals surface area contributed by atoms with E-state index in [1.807, 2.05) is 0 Å². The number of benzene rings is 1. The lowest BCUT2D eigenvalue weighted by Gasteiger charge is -2.34. The van der Waals surface area contributed by atoms with Gasteiger partial charge in [0, 0.05) is 37.5 Å². The molecule has 0 radical (unpaired) electrons. The Hall–Kier alpha value is -1.62. The number of nitrogens with zero attached hydrogens (tertiary/aromatic N) is 2. The van der Waals surface area contributed by atoms with Gasteiger partial charge < -0.3 is 10.0 Å². The zero-order valence-corrected chi connectivity index (χ0v) is 10.3. The van der Waals surface area contributed by atoms with Crippen molar-refractivity contribution in [2.75, 3.05) is 24.6 Å². The minimum atomic E-state index is -0.380. The maximum Gasteiger partial charge on any atom is 0.269 e.